The lowest BCUT2D eigenvalue weighted by molar-refractivity contribution is 0.0983. The van der Waals surface area contributed by atoms with Crippen molar-refractivity contribution in [2.75, 3.05) is 12.0 Å². The number of rotatable bonds is 5. The number of carbonyl (C=O) groups is 1. The number of aromatic amines is 1. The van der Waals surface area contributed by atoms with Crippen molar-refractivity contribution >= 4 is 38.4 Å². The van der Waals surface area contributed by atoms with Gasteiger partial charge in [0.05, 0.1) is 24.9 Å². The topological polar surface area (TPSA) is 62.4 Å². The Bertz CT molecular complexity index is 1330. The molecule has 3 aromatic carbocycles. The quantitative estimate of drug-likeness (QED) is 0.416. The Kier molecular flexibility index (Phi) is 5.91. The molecule has 1 N–H and O–H groups in total. The van der Waals surface area contributed by atoms with Crippen LogP contribution >= 0.6 is 15.9 Å². The van der Waals surface area contributed by atoms with Gasteiger partial charge in [-0.1, -0.05) is 35.9 Å². The van der Waals surface area contributed by atoms with E-state index < -0.39 is 0 Å². The summed E-state index contributed by atoms with van der Waals surface area (Å²) >= 11 is 3.47. The Morgan fingerprint density at radius 3 is 2.55 bits per heavy atom. The predicted octanol–water partition coefficient (Wildman–Crippen LogP) is 5.45. The summed E-state index contributed by atoms with van der Waals surface area (Å²) in [4.78, 5) is 30.9. The molecule has 156 valence electrons. The van der Waals surface area contributed by atoms with Crippen LogP contribution < -0.4 is 15.2 Å². The number of nitrogens with one attached hydrogen (secondary N) is 1. The second kappa shape index (κ2) is 8.78. The van der Waals surface area contributed by atoms with Crippen molar-refractivity contribution in [1.29, 1.82) is 0 Å². The summed E-state index contributed by atoms with van der Waals surface area (Å²) in [6, 6.07) is 22.2. The number of carbonyl (C=O) groups excluding carboxylic acids is 1. The summed E-state index contributed by atoms with van der Waals surface area (Å²) in [6.45, 7) is 2.10. The lowest BCUT2D eigenvalue weighted by atomic mass is 10.1. The first-order chi connectivity index (χ1) is 15.0. The number of fused-ring (bicyclic) bond motifs is 1. The summed E-state index contributed by atoms with van der Waals surface area (Å²) < 4.78 is 6.19. The van der Waals surface area contributed by atoms with Crippen LogP contribution in [0, 0.1) is 6.92 Å². The molecule has 4 rings (SSSR count). The molecule has 0 fully saturated rings. The van der Waals surface area contributed by atoms with E-state index in [4.69, 9.17) is 4.74 Å². The van der Waals surface area contributed by atoms with Crippen LogP contribution in [0.25, 0.3) is 10.9 Å². The van der Waals surface area contributed by atoms with Crippen molar-refractivity contribution in [3.63, 3.8) is 0 Å². The third kappa shape index (κ3) is 4.25. The molecule has 0 unspecified atom stereocenters. The van der Waals surface area contributed by atoms with Gasteiger partial charge in [0.15, 0.2) is 0 Å². The number of aromatic nitrogens is 1. The van der Waals surface area contributed by atoms with Gasteiger partial charge in [-0.15, -0.1) is 0 Å². The Morgan fingerprint density at radius 1 is 1.03 bits per heavy atom. The number of nitrogens with zero attached hydrogens (tertiary/aromatic N) is 1. The second-order valence-corrected chi connectivity index (χ2v) is 8.11. The van der Waals surface area contributed by atoms with Gasteiger partial charge in [0.25, 0.3) is 11.5 Å². The molecule has 5 nitrogen and oxygen atoms in total. The summed E-state index contributed by atoms with van der Waals surface area (Å²) in [5.41, 5.74) is 3.22. The highest BCUT2D eigenvalue weighted by molar-refractivity contribution is 9.10. The van der Waals surface area contributed by atoms with Crippen LogP contribution in [0.1, 0.15) is 21.5 Å². The standard InChI is InChI=1S/C25H21BrN2O3/c1-16-11-12-21-17(13-16)14-18(24(29)27-21)15-28(22-9-5-6-10-23(22)31-2)25(30)19-7-3-4-8-20(19)26/h3-14H,15H2,1-2H3,(H,27,29). The number of amides is 1. The zero-order chi connectivity index (χ0) is 22.0. The zero-order valence-corrected chi connectivity index (χ0v) is 18.8. The molecule has 0 aliphatic heterocycles. The first kappa shape index (κ1) is 20.9. The van der Waals surface area contributed by atoms with E-state index in [2.05, 4.69) is 20.9 Å². The number of ether oxygens (including phenoxy) is 1. The van der Waals surface area contributed by atoms with Gasteiger partial charge >= 0.3 is 0 Å². The molecule has 0 spiro atoms. The highest BCUT2D eigenvalue weighted by Gasteiger charge is 2.24. The predicted molar refractivity (Wildman–Crippen MR) is 127 cm³/mol. The van der Waals surface area contributed by atoms with E-state index in [1.807, 2.05) is 67.6 Å². The number of anilines is 1. The molecule has 0 aliphatic rings. The Labute approximate surface area is 188 Å². The van der Waals surface area contributed by atoms with Crippen LogP contribution in [-0.4, -0.2) is 18.0 Å². The summed E-state index contributed by atoms with van der Waals surface area (Å²) in [7, 11) is 1.56. The molecule has 0 bridgehead atoms. The third-order valence-corrected chi connectivity index (χ3v) is 5.82. The highest BCUT2D eigenvalue weighted by Crippen LogP contribution is 2.31. The van der Waals surface area contributed by atoms with Crippen molar-refractivity contribution in [2.24, 2.45) is 0 Å². The smallest absolute Gasteiger partial charge is 0.259 e. The fourth-order valence-corrected chi connectivity index (χ4v) is 4.01. The monoisotopic (exact) mass is 476 g/mol. The minimum Gasteiger partial charge on any atom is -0.495 e. The summed E-state index contributed by atoms with van der Waals surface area (Å²) in [6.07, 6.45) is 0. The first-order valence-electron chi connectivity index (χ1n) is 9.80. The average Bonchev–Trinajstić information content (AvgIpc) is 2.78. The van der Waals surface area contributed by atoms with E-state index in [1.165, 1.54) is 0 Å². The van der Waals surface area contributed by atoms with Crippen LogP contribution in [-0.2, 0) is 6.54 Å². The third-order valence-electron chi connectivity index (χ3n) is 5.13. The molecule has 4 aromatic rings. The van der Waals surface area contributed by atoms with Crippen molar-refractivity contribution in [3.05, 3.63) is 104 Å². The molecule has 0 atom stereocenters. The normalized spacial score (nSPS) is 10.8. The fourth-order valence-electron chi connectivity index (χ4n) is 3.56. The number of H-pyrrole nitrogens is 1. The highest BCUT2D eigenvalue weighted by atomic mass is 79.9. The van der Waals surface area contributed by atoms with Gasteiger partial charge in [0, 0.05) is 15.6 Å². The van der Waals surface area contributed by atoms with Crippen molar-refractivity contribution in [1.82, 2.24) is 4.98 Å². The van der Waals surface area contributed by atoms with Gasteiger partial charge in [-0.3, -0.25) is 9.59 Å². The summed E-state index contributed by atoms with van der Waals surface area (Å²) in [5.74, 6) is 0.316. The molecule has 0 saturated heterocycles. The molecule has 0 saturated carbocycles. The molecule has 0 aliphatic carbocycles. The van der Waals surface area contributed by atoms with Crippen molar-refractivity contribution in [3.8, 4) is 5.75 Å². The number of para-hydroxylation sites is 2. The minimum absolute atomic E-state index is 0.0970. The maximum absolute atomic E-state index is 13.6. The van der Waals surface area contributed by atoms with Gasteiger partial charge in [0.1, 0.15) is 5.75 Å². The molecule has 1 amide bonds. The van der Waals surface area contributed by atoms with Crippen molar-refractivity contribution < 1.29 is 9.53 Å². The van der Waals surface area contributed by atoms with E-state index in [0.29, 0.717) is 27.0 Å². The maximum Gasteiger partial charge on any atom is 0.259 e. The molecule has 1 aromatic heterocycles. The Hall–Kier alpha value is -3.38. The number of hydrogen-bond donors (Lipinski definition) is 1. The number of hydrogen-bond acceptors (Lipinski definition) is 3. The van der Waals surface area contributed by atoms with E-state index in [0.717, 1.165) is 16.5 Å². The second-order valence-electron chi connectivity index (χ2n) is 7.26. The van der Waals surface area contributed by atoms with Gasteiger partial charge in [0.2, 0.25) is 0 Å². The number of benzene rings is 3. The van der Waals surface area contributed by atoms with E-state index in [1.54, 1.807) is 24.1 Å². The largest absolute Gasteiger partial charge is 0.495 e. The Morgan fingerprint density at radius 2 is 1.77 bits per heavy atom. The number of halogens is 1. The molecule has 31 heavy (non-hydrogen) atoms. The van der Waals surface area contributed by atoms with Crippen LogP contribution in [0.4, 0.5) is 5.69 Å². The van der Waals surface area contributed by atoms with Crippen LogP contribution in [0.3, 0.4) is 0 Å². The lowest BCUT2D eigenvalue weighted by Crippen LogP contribution is -2.33. The van der Waals surface area contributed by atoms with E-state index in [-0.39, 0.29) is 18.0 Å². The van der Waals surface area contributed by atoms with Crippen LogP contribution in [0.2, 0.25) is 0 Å². The molecule has 0 radical (unpaired) electrons. The van der Waals surface area contributed by atoms with Crippen LogP contribution in [0.15, 0.2) is 82.1 Å². The number of methoxy groups -OCH3 is 1. The maximum atomic E-state index is 13.6. The van der Waals surface area contributed by atoms with E-state index >= 15 is 0 Å². The van der Waals surface area contributed by atoms with Gasteiger partial charge in [-0.2, -0.15) is 0 Å². The molecule has 1 heterocycles. The van der Waals surface area contributed by atoms with E-state index in [9.17, 15) is 9.59 Å². The zero-order valence-electron chi connectivity index (χ0n) is 17.2. The number of aryl methyl sites for hydroxylation is 1. The average molecular weight is 477 g/mol. The molecule has 6 heteroatoms. The van der Waals surface area contributed by atoms with Gasteiger partial charge in [-0.25, -0.2) is 0 Å². The summed E-state index contributed by atoms with van der Waals surface area (Å²) in [5, 5.41) is 0.919. The lowest BCUT2D eigenvalue weighted by Gasteiger charge is -2.25. The van der Waals surface area contributed by atoms with Crippen molar-refractivity contribution in [2.45, 2.75) is 13.5 Å². The van der Waals surface area contributed by atoms with Crippen LogP contribution in [0.5, 0.6) is 5.75 Å². The Balaban J connectivity index is 1.84. The van der Waals surface area contributed by atoms with Gasteiger partial charge < -0.3 is 14.6 Å². The fraction of sp³-hybridized carbons (Fsp3) is 0.120. The first-order valence-corrected chi connectivity index (χ1v) is 10.6. The SMILES string of the molecule is COc1ccccc1N(Cc1cc2cc(C)ccc2[nH]c1=O)C(=O)c1ccccc1Br. The van der Waals surface area contributed by atoms with Gasteiger partial charge in [-0.05, 0) is 70.7 Å². The molecular weight excluding hydrogens is 456 g/mol. The molecular formula is C25H21BrN2O3. The number of pyridine rings is 1. The minimum atomic E-state index is -0.235.